The van der Waals surface area contributed by atoms with Gasteiger partial charge in [-0.05, 0) is 30.9 Å². The summed E-state index contributed by atoms with van der Waals surface area (Å²) in [5, 5.41) is 0. The van der Waals surface area contributed by atoms with E-state index in [1.807, 2.05) is 18.2 Å². The summed E-state index contributed by atoms with van der Waals surface area (Å²) in [6.07, 6.45) is 8.23. The molecule has 106 valence electrons. The van der Waals surface area contributed by atoms with Crippen LogP contribution in [0.2, 0.25) is 0 Å². The fourth-order valence-electron chi connectivity index (χ4n) is 2.05. The molecule has 19 heavy (non-hydrogen) atoms. The molecule has 2 heteroatoms. The summed E-state index contributed by atoms with van der Waals surface area (Å²) in [4.78, 5) is 11.8. The monoisotopic (exact) mass is 262 g/mol. The van der Waals surface area contributed by atoms with Gasteiger partial charge in [0, 0.05) is 6.42 Å². The van der Waals surface area contributed by atoms with Gasteiger partial charge in [0.05, 0.1) is 0 Å². The van der Waals surface area contributed by atoms with Crippen LogP contribution in [0.25, 0.3) is 0 Å². The highest BCUT2D eigenvalue weighted by Gasteiger charge is 2.08. The quantitative estimate of drug-likeness (QED) is 0.359. The number of carbonyl (C=O) groups excluding carboxylic acids is 1. The van der Waals surface area contributed by atoms with Crippen molar-refractivity contribution in [1.82, 2.24) is 0 Å². The summed E-state index contributed by atoms with van der Waals surface area (Å²) in [6, 6.07) is 7.88. The van der Waals surface area contributed by atoms with E-state index in [4.69, 9.17) is 4.74 Å². The maximum absolute atomic E-state index is 11.8. The summed E-state index contributed by atoms with van der Waals surface area (Å²) < 4.78 is 5.48. The molecule has 1 aromatic carbocycles. The van der Waals surface area contributed by atoms with Crippen LogP contribution in [0.4, 0.5) is 0 Å². The Morgan fingerprint density at radius 2 is 1.74 bits per heavy atom. The van der Waals surface area contributed by atoms with Crippen molar-refractivity contribution >= 4 is 5.97 Å². The minimum absolute atomic E-state index is 0.0972. The van der Waals surface area contributed by atoms with Gasteiger partial charge in [-0.1, -0.05) is 57.7 Å². The molecule has 0 saturated heterocycles. The van der Waals surface area contributed by atoms with Crippen LogP contribution in [-0.4, -0.2) is 5.97 Å². The number of esters is 1. The van der Waals surface area contributed by atoms with Gasteiger partial charge in [0.15, 0.2) is 0 Å². The summed E-state index contributed by atoms with van der Waals surface area (Å²) >= 11 is 0. The molecule has 0 spiro atoms. The molecule has 0 amide bonds. The van der Waals surface area contributed by atoms with Crippen molar-refractivity contribution < 1.29 is 9.53 Å². The molecule has 1 rings (SSSR count). The minimum Gasteiger partial charge on any atom is -0.426 e. The topological polar surface area (TPSA) is 26.3 Å². The molecule has 0 unspecified atom stereocenters. The van der Waals surface area contributed by atoms with Crippen molar-refractivity contribution in [1.29, 1.82) is 0 Å². The maximum Gasteiger partial charge on any atom is 0.311 e. The number of ether oxygens (including phenoxy) is 1. The number of carbonyl (C=O) groups is 1. The molecule has 2 nitrogen and oxygen atoms in total. The summed E-state index contributed by atoms with van der Waals surface area (Å²) in [5.74, 6) is 0.650. The number of unbranched alkanes of at least 4 members (excludes halogenated alkanes) is 4. The number of hydrogen-bond donors (Lipinski definition) is 0. The molecule has 0 heterocycles. The van der Waals surface area contributed by atoms with Gasteiger partial charge in [-0.25, -0.2) is 0 Å². The molecular weight excluding hydrogens is 236 g/mol. The van der Waals surface area contributed by atoms with Crippen molar-refractivity contribution in [3.8, 4) is 5.75 Å². The average Bonchev–Trinajstić information content (AvgIpc) is 2.43. The predicted molar refractivity (Wildman–Crippen MR) is 79.4 cm³/mol. The Morgan fingerprint density at radius 3 is 2.47 bits per heavy atom. The van der Waals surface area contributed by atoms with Crippen molar-refractivity contribution in [3.05, 3.63) is 29.8 Å². The number of hydrogen-bond acceptors (Lipinski definition) is 2. The number of rotatable bonds is 9. The van der Waals surface area contributed by atoms with Crippen molar-refractivity contribution in [2.24, 2.45) is 0 Å². The van der Waals surface area contributed by atoms with E-state index in [0.29, 0.717) is 6.42 Å². The van der Waals surface area contributed by atoms with E-state index in [0.717, 1.165) is 43.4 Å². The Bertz CT molecular complexity index is 371. The van der Waals surface area contributed by atoms with Crippen LogP contribution in [0, 0.1) is 0 Å². The Kier molecular flexibility index (Phi) is 7.95. The van der Waals surface area contributed by atoms with E-state index in [2.05, 4.69) is 19.9 Å². The molecule has 0 N–H and O–H groups in total. The van der Waals surface area contributed by atoms with Gasteiger partial charge in [-0.3, -0.25) is 4.79 Å². The van der Waals surface area contributed by atoms with Crippen LogP contribution < -0.4 is 4.74 Å². The van der Waals surface area contributed by atoms with Crippen molar-refractivity contribution in [2.45, 2.75) is 65.2 Å². The highest BCUT2D eigenvalue weighted by molar-refractivity contribution is 5.72. The van der Waals surface area contributed by atoms with Crippen LogP contribution in [0.1, 0.15) is 64.4 Å². The lowest BCUT2D eigenvalue weighted by atomic mass is 10.1. The van der Waals surface area contributed by atoms with Crippen LogP contribution >= 0.6 is 0 Å². The van der Waals surface area contributed by atoms with Crippen LogP contribution in [0.15, 0.2) is 24.3 Å². The van der Waals surface area contributed by atoms with E-state index in [1.54, 1.807) is 0 Å². The Hall–Kier alpha value is -1.31. The largest absolute Gasteiger partial charge is 0.426 e. The fraction of sp³-hybridized carbons (Fsp3) is 0.588. The standard InChI is InChI=1S/C17H26O2/c1-3-5-7-8-14-17(18)19-16-13-10-9-12-15(16)11-6-4-2/h9-10,12-13H,3-8,11,14H2,1-2H3. The summed E-state index contributed by atoms with van der Waals surface area (Å²) in [6.45, 7) is 4.34. The second-order valence-corrected chi connectivity index (χ2v) is 5.00. The normalized spacial score (nSPS) is 10.4. The molecule has 0 atom stereocenters. The number of aryl methyl sites for hydroxylation is 1. The Labute approximate surface area is 117 Å². The summed E-state index contributed by atoms with van der Waals surface area (Å²) in [7, 11) is 0. The third kappa shape index (κ3) is 6.42. The van der Waals surface area contributed by atoms with Gasteiger partial charge in [0.25, 0.3) is 0 Å². The highest BCUT2D eigenvalue weighted by Crippen LogP contribution is 2.21. The van der Waals surface area contributed by atoms with Crippen LogP contribution in [0.3, 0.4) is 0 Å². The molecule has 0 aliphatic heterocycles. The number of benzene rings is 1. The van der Waals surface area contributed by atoms with E-state index in [1.165, 1.54) is 12.8 Å². The average molecular weight is 262 g/mol. The second kappa shape index (κ2) is 9.60. The maximum atomic E-state index is 11.8. The first-order valence-corrected chi connectivity index (χ1v) is 7.56. The third-order valence-corrected chi connectivity index (χ3v) is 3.23. The molecule has 0 radical (unpaired) electrons. The molecule has 0 saturated carbocycles. The Balaban J connectivity index is 2.44. The van der Waals surface area contributed by atoms with E-state index < -0.39 is 0 Å². The smallest absolute Gasteiger partial charge is 0.311 e. The minimum atomic E-state index is -0.0972. The molecule has 0 aliphatic rings. The zero-order valence-corrected chi connectivity index (χ0v) is 12.3. The lowest BCUT2D eigenvalue weighted by Crippen LogP contribution is -2.09. The van der Waals surface area contributed by atoms with Crippen molar-refractivity contribution in [3.63, 3.8) is 0 Å². The highest BCUT2D eigenvalue weighted by atomic mass is 16.5. The lowest BCUT2D eigenvalue weighted by molar-refractivity contribution is -0.134. The fourth-order valence-corrected chi connectivity index (χ4v) is 2.05. The molecule has 1 aromatic rings. The van der Waals surface area contributed by atoms with Gasteiger partial charge in [-0.2, -0.15) is 0 Å². The molecular formula is C17H26O2. The number of para-hydroxylation sites is 1. The predicted octanol–water partition coefficient (Wildman–Crippen LogP) is 4.91. The molecule has 0 bridgehead atoms. The SMILES string of the molecule is CCCCCCC(=O)Oc1ccccc1CCCC. The molecule has 0 aromatic heterocycles. The van der Waals surface area contributed by atoms with E-state index >= 15 is 0 Å². The zero-order valence-electron chi connectivity index (χ0n) is 12.3. The Morgan fingerprint density at radius 1 is 1.00 bits per heavy atom. The first kappa shape index (κ1) is 15.7. The van der Waals surface area contributed by atoms with Crippen LogP contribution in [-0.2, 0) is 11.2 Å². The van der Waals surface area contributed by atoms with Gasteiger partial charge < -0.3 is 4.74 Å². The van der Waals surface area contributed by atoms with E-state index in [9.17, 15) is 4.79 Å². The van der Waals surface area contributed by atoms with Crippen LogP contribution in [0.5, 0.6) is 5.75 Å². The molecule has 0 fully saturated rings. The van der Waals surface area contributed by atoms with Gasteiger partial charge in [-0.15, -0.1) is 0 Å². The lowest BCUT2D eigenvalue weighted by Gasteiger charge is -2.09. The second-order valence-electron chi connectivity index (χ2n) is 5.00. The molecule has 0 aliphatic carbocycles. The van der Waals surface area contributed by atoms with E-state index in [-0.39, 0.29) is 5.97 Å². The zero-order chi connectivity index (χ0) is 13.9. The summed E-state index contributed by atoms with van der Waals surface area (Å²) in [5.41, 5.74) is 1.14. The van der Waals surface area contributed by atoms with Gasteiger partial charge in [0.1, 0.15) is 5.75 Å². The van der Waals surface area contributed by atoms with Gasteiger partial charge >= 0.3 is 5.97 Å². The van der Waals surface area contributed by atoms with Crippen molar-refractivity contribution in [2.75, 3.05) is 0 Å². The van der Waals surface area contributed by atoms with Gasteiger partial charge in [0.2, 0.25) is 0 Å². The third-order valence-electron chi connectivity index (χ3n) is 3.23. The first-order valence-electron chi connectivity index (χ1n) is 7.56. The first-order chi connectivity index (χ1) is 9.27.